The zero-order chi connectivity index (χ0) is 18.2. The van der Waals surface area contributed by atoms with E-state index in [0.29, 0.717) is 16.6 Å². The van der Waals surface area contributed by atoms with Crippen LogP contribution in [0, 0.1) is 13.8 Å². The first-order valence-corrected chi connectivity index (χ1v) is 9.70. The van der Waals surface area contributed by atoms with Gasteiger partial charge in [0.25, 0.3) is 0 Å². The number of anilines is 1. The van der Waals surface area contributed by atoms with Crippen molar-refractivity contribution < 1.29 is 14.7 Å². The van der Waals surface area contributed by atoms with Crippen LogP contribution in [0.4, 0.5) is 5.69 Å². The molecule has 0 unspecified atom stereocenters. The van der Waals surface area contributed by atoms with Crippen LogP contribution in [0.2, 0.25) is 0 Å². The second-order valence-corrected chi connectivity index (χ2v) is 7.29. The van der Waals surface area contributed by atoms with E-state index in [1.807, 2.05) is 38.1 Å². The van der Waals surface area contributed by atoms with E-state index in [1.54, 1.807) is 6.07 Å². The van der Waals surface area contributed by atoms with Crippen LogP contribution < -0.4 is 5.32 Å². The lowest BCUT2D eigenvalue weighted by Gasteiger charge is -2.07. The smallest absolute Gasteiger partial charge is 0.313 e. The zero-order valence-corrected chi connectivity index (χ0v) is 15.6. The molecule has 132 valence electrons. The maximum Gasteiger partial charge on any atom is 0.313 e. The third-order valence-electron chi connectivity index (χ3n) is 3.00. The maximum atomic E-state index is 12.1. The molecule has 25 heavy (non-hydrogen) atoms. The van der Waals surface area contributed by atoms with Crippen LogP contribution in [-0.4, -0.2) is 38.5 Å². The number of carbonyl (C=O) groups is 2. The summed E-state index contributed by atoms with van der Waals surface area (Å²) in [5.41, 5.74) is 3.42. The number of carboxylic acid groups (broad SMARTS) is 1. The number of carboxylic acids is 1. The van der Waals surface area contributed by atoms with Gasteiger partial charge in [-0.05, 0) is 37.6 Å². The Bertz CT molecular complexity index is 748. The fourth-order valence-electron chi connectivity index (χ4n) is 2.08. The van der Waals surface area contributed by atoms with Crippen LogP contribution in [0.5, 0.6) is 0 Å². The van der Waals surface area contributed by atoms with Gasteiger partial charge in [-0.3, -0.25) is 9.59 Å². The highest BCUT2D eigenvalue weighted by atomic mass is 32.2. The number of amides is 1. The minimum atomic E-state index is -0.833. The number of aryl methyl sites for hydroxylation is 2. The molecule has 0 aliphatic carbocycles. The first-order chi connectivity index (χ1) is 11.9. The van der Waals surface area contributed by atoms with Gasteiger partial charge >= 0.3 is 5.97 Å². The van der Waals surface area contributed by atoms with Crippen molar-refractivity contribution >= 4 is 41.1 Å². The van der Waals surface area contributed by atoms with Crippen LogP contribution in [0.25, 0.3) is 0 Å². The lowest BCUT2D eigenvalue weighted by Crippen LogP contribution is -2.14. The predicted molar refractivity (Wildman–Crippen MR) is 101 cm³/mol. The van der Waals surface area contributed by atoms with E-state index in [4.69, 9.17) is 5.11 Å². The second-order valence-electron chi connectivity index (χ2n) is 5.36. The van der Waals surface area contributed by atoms with Gasteiger partial charge in [0.05, 0.1) is 11.5 Å². The molecule has 0 spiro atoms. The maximum absolute atomic E-state index is 12.1. The van der Waals surface area contributed by atoms with Crippen molar-refractivity contribution in [2.45, 2.75) is 24.8 Å². The average Bonchev–Trinajstić information content (AvgIpc) is 2.52. The molecule has 0 radical (unpaired) electrons. The first kappa shape index (κ1) is 19.3. The summed E-state index contributed by atoms with van der Waals surface area (Å²) in [5.74, 6) is -0.103. The quantitative estimate of drug-likeness (QED) is 0.539. The fraction of sp³-hybridized carbons (Fsp3) is 0.294. The standard InChI is InChI=1S/C17H19N3O3S2/c1-11-6-12(2)19-17(18-11)25-9-15(21)20-14-5-3-4-13(7-14)8-24-10-16(22)23/h3-7H,8-10H2,1-2H3,(H,20,21)(H,22,23). The Balaban J connectivity index is 1.86. The molecular formula is C17H19N3O3S2. The van der Waals surface area contributed by atoms with Crippen LogP contribution in [0.1, 0.15) is 17.0 Å². The summed E-state index contributed by atoms with van der Waals surface area (Å²) in [6.45, 7) is 3.79. The molecule has 0 saturated carbocycles. The normalized spacial score (nSPS) is 10.5. The largest absolute Gasteiger partial charge is 0.481 e. The minimum absolute atomic E-state index is 0.0587. The zero-order valence-electron chi connectivity index (χ0n) is 14.0. The third kappa shape index (κ3) is 7.15. The molecule has 1 heterocycles. The summed E-state index contributed by atoms with van der Waals surface area (Å²) >= 11 is 2.61. The Morgan fingerprint density at radius 1 is 1.12 bits per heavy atom. The molecule has 0 bridgehead atoms. The number of benzene rings is 1. The van der Waals surface area contributed by atoms with E-state index >= 15 is 0 Å². The number of nitrogens with zero attached hydrogens (tertiary/aromatic N) is 2. The van der Waals surface area contributed by atoms with E-state index in [1.165, 1.54) is 23.5 Å². The molecule has 1 amide bonds. The van der Waals surface area contributed by atoms with Crippen LogP contribution in [0.3, 0.4) is 0 Å². The molecule has 6 nitrogen and oxygen atoms in total. The van der Waals surface area contributed by atoms with E-state index in [-0.39, 0.29) is 17.4 Å². The van der Waals surface area contributed by atoms with Gasteiger partial charge in [-0.25, -0.2) is 9.97 Å². The molecule has 0 fully saturated rings. The highest BCUT2D eigenvalue weighted by Crippen LogP contribution is 2.18. The van der Waals surface area contributed by atoms with Crippen molar-refractivity contribution in [2.75, 3.05) is 16.8 Å². The van der Waals surface area contributed by atoms with Crippen molar-refractivity contribution in [3.63, 3.8) is 0 Å². The summed E-state index contributed by atoms with van der Waals surface area (Å²) in [6.07, 6.45) is 0. The molecular weight excluding hydrogens is 358 g/mol. The molecule has 2 N–H and O–H groups in total. The Morgan fingerprint density at radius 3 is 2.52 bits per heavy atom. The van der Waals surface area contributed by atoms with E-state index in [9.17, 15) is 9.59 Å². The molecule has 2 rings (SSSR count). The summed E-state index contributed by atoms with van der Waals surface area (Å²) < 4.78 is 0. The Kier molecular flexibility index (Phi) is 7.27. The predicted octanol–water partition coefficient (Wildman–Crippen LogP) is 3.14. The van der Waals surface area contributed by atoms with Crippen molar-refractivity contribution in [3.05, 3.63) is 47.3 Å². The molecule has 0 aliphatic rings. The van der Waals surface area contributed by atoms with Crippen LogP contribution >= 0.6 is 23.5 Å². The Labute approximate surface area is 154 Å². The van der Waals surface area contributed by atoms with Gasteiger partial charge in [0, 0.05) is 22.8 Å². The number of rotatable bonds is 8. The van der Waals surface area contributed by atoms with Gasteiger partial charge in [0.15, 0.2) is 5.16 Å². The number of hydrogen-bond donors (Lipinski definition) is 2. The van der Waals surface area contributed by atoms with Crippen molar-refractivity contribution in [1.29, 1.82) is 0 Å². The van der Waals surface area contributed by atoms with Crippen LogP contribution in [-0.2, 0) is 15.3 Å². The highest BCUT2D eigenvalue weighted by molar-refractivity contribution is 7.99. The lowest BCUT2D eigenvalue weighted by atomic mass is 10.2. The third-order valence-corrected chi connectivity index (χ3v) is 4.83. The van der Waals surface area contributed by atoms with Gasteiger partial charge < -0.3 is 10.4 Å². The van der Waals surface area contributed by atoms with Gasteiger partial charge in [0.2, 0.25) is 5.91 Å². The Morgan fingerprint density at radius 2 is 1.84 bits per heavy atom. The number of aliphatic carboxylic acids is 1. The average molecular weight is 377 g/mol. The number of hydrogen-bond acceptors (Lipinski definition) is 6. The van der Waals surface area contributed by atoms with Gasteiger partial charge in [0.1, 0.15) is 0 Å². The van der Waals surface area contributed by atoms with E-state index in [0.717, 1.165) is 17.0 Å². The molecule has 1 aromatic carbocycles. The molecule has 0 saturated heterocycles. The first-order valence-electron chi connectivity index (χ1n) is 7.56. The summed E-state index contributed by atoms with van der Waals surface area (Å²) in [6, 6.07) is 9.29. The minimum Gasteiger partial charge on any atom is -0.481 e. The van der Waals surface area contributed by atoms with Crippen molar-refractivity contribution in [3.8, 4) is 0 Å². The summed E-state index contributed by atoms with van der Waals surface area (Å²) in [5, 5.41) is 12.1. The molecule has 1 aromatic heterocycles. The highest BCUT2D eigenvalue weighted by Gasteiger charge is 2.07. The molecule has 0 atom stereocenters. The number of nitrogens with one attached hydrogen (secondary N) is 1. The second kappa shape index (κ2) is 9.43. The fourth-order valence-corrected chi connectivity index (χ4v) is 3.52. The molecule has 0 aliphatic heterocycles. The summed E-state index contributed by atoms with van der Waals surface area (Å²) in [7, 11) is 0. The Hall–Kier alpha value is -2.06. The van der Waals surface area contributed by atoms with Gasteiger partial charge in [-0.2, -0.15) is 0 Å². The van der Waals surface area contributed by atoms with E-state index in [2.05, 4.69) is 15.3 Å². The SMILES string of the molecule is Cc1cc(C)nc(SCC(=O)Nc2cccc(CSCC(=O)O)c2)n1. The van der Waals surface area contributed by atoms with Crippen molar-refractivity contribution in [2.24, 2.45) is 0 Å². The van der Waals surface area contributed by atoms with E-state index < -0.39 is 5.97 Å². The number of aromatic nitrogens is 2. The van der Waals surface area contributed by atoms with Gasteiger partial charge in [-0.1, -0.05) is 23.9 Å². The number of carbonyl (C=O) groups excluding carboxylic acids is 1. The van der Waals surface area contributed by atoms with Crippen LogP contribution in [0.15, 0.2) is 35.5 Å². The monoisotopic (exact) mass is 377 g/mol. The number of thioether (sulfide) groups is 2. The lowest BCUT2D eigenvalue weighted by molar-refractivity contribution is -0.133. The van der Waals surface area contributed by atoms with Gasteiger partial charge in [-0.15, -0.1) is 11.8 Å². The molecule has 8 heteroatoms. The van der Waals surface area contributed by atoms with Crippen molar-refractivity contribution in [1.82, 2.24) is 9.97 Å². The summed E-state index contributed by atoms with van der Waals surface area (Å²) in [4.78, 5) is 31.2. The topological polar surface area (TPSA) is 92.2 Å². The molecule has 2 aromatic rings.